The van der Waals surface area contributed by atoms with Crippen molar-refractivity contribution in [2.24, 2.45) is 0 Å². The molecule has 0 aromatic carbocycles. The van der Waals surface area contributed by atoms with Crippen LogP contribution in [0.15, 0.2) is 31.0 Å². The average molecular weight is 300 g/mol. The highest BCUT2D eigenvalue weighted by Crippen LogP contribution is 2.24. The molecule has 1 aliphatic heterocycles. The summed E-state index contributed by atoms with van der Waals surface area (Å²) in [6.07, 6.45) is 4.10. The van der Waals surface area contributed by atoms with Crippen molar-refractivity contribution in [3.63, 3.8) is 0 Å². The molecule has 0 unspecified atom stereocenters. The lowest BCUT2D eigenvalue weighted by Gasteiger charge is -2.44. The zero-order valence-corrected chi connectivity index (χ0v) is 11.8. The number of rotatable bonds is 3. The van der Waals surface area contributed by atoms with Gasteiger partial charge in [-0.25, -0.2) is 14.4 Å². The van der Waals surface area contributed by atoms with E-state index in [4.69, 9.17) is 0 Å². The maximum absolute atomic E-state index is 13.7. The molecule has 1 saturated heterocycles. The fourth-order valence-corrected chi connectivity index (χ4v) is 2.51. The Morgan fingerprint density at radius 3 is 3.00 bits per heavy atom. The molecule has 112 valence electrons. The Kier molecular flexibility index (Phi) is 2.84. The Balaban J connectivity index is 1.48. The van der Waals surface area contributed by atoms with Crippen LogP contribution in [0.2, 0.25) is 0 Å². The van der Waals surface area contributed by atoms with Crippen molar-refractivity contribution in [1.29, 1.82) is 0 Å². The third-order valence-corrected chi connectivity index (χ3v) is 3.86. The topological polar surface area (TPSA) is 75.3 Å². The van der Waals surface area contributed by atoms with Gasteiger partial charge in [-0.05, 0) is 12.1 Å². The summed E-state index contributed by atoms with van der Waals surface area (Å²) in [6.45, 7) is 1.50. The Morgan fingerprint density at radius 2 is 2.18 bits per heavy atom. The second kappa shape index (κ2) is 4.86. The van der Waals surface area contributed by atoms with Crippen LogP contribution in [-0.4, -0.2) is 56.0 Å². The van der Waals surface area contributed by atoms with Crippen molar-refractivity contribution in [2.75, 3.05) is 29.9 Å². The summed E-state index contributed by atoms with van der Waals surface area (Å²) < 4.78 is 15.3. The van der Waals surface area contributed by atoms with Crippen molar-refractivity contribution in [3.05, 3.63) is 36.8 Å². The minimum Gasteiger partial charge on any atom is -0.351 e. The maximum Gasteiger partial charge on any atom is 0.183 e. The van der Waals surface area contributed by atoms with Gasteiger partial charge in [-0.1, -0.05) is 0 Å². The first-order valence-electron chi connectivity index (χ1n) is 6.83. The molecular weight excluding hydrogens is 287 g/mol. The summed E-state index contributed by atoms with van der Waals surface area (Å²) in [5, 5.41) is 12.2. The maximum atomic E-state index is 13.7. The molecule has 0 N–H and O–H groups in total. The Hall–Kier alpha value is -2.84. The molecule has 1 fully saturated rings. The third-order valence-electron chi connectivity index (χ3n) is 3.86. The zero-order chi connectivity index (χ0) is 15.1. The largest absolute Gasteiger partial charge is 0.351 e. The van der Waals surface area contributed by atoms with E-state index in [2.05, 4.69) is 30.2 Å². The van der Waals surface area contributed by atoms with Crippen LogP contribution in [0.4, 0.5) is 16.0 Å². The number of likely N-dealkylation sites (N-methyl/N-ethyl adjacent to an activating group) is 1. The molecule has 0 saturated carbocycles. The van der Waals surface area contributed by atoms with Gasteiger partial charge in [-0.3, -0.25) is 0 Å². The van der Waals surface area contributed by atoms with Gasteiger partial charge < -0.3 is 9.80 Å². The van der Waals surface area contributed by atoms with Gasteiger partial charge in [0.1, 0.15) is 18.5 Å². The first kappa shape index (κ1) is 12.9. The molecule has 1 aliphatic rings. The first-order chi connectivity index (χ1) is 10.7. The summed E-state index contributed by atoms with van der Waals surface area (Å²) in [6, 6.07) is 3.96. The standard InChI is InChI=1S/C13H13FN8/c1-20(13-10(14)4-15-7-16-13)9-5-21(6-9)12-3-2-11-18-17-8-22(11)19-12/h2-4,7-9H,5-6H2,1H3. The van der Waals surface area contributed by atoms with E-state index in [1.807, 2.05) is 24.1 Å². The quantitative estimate of drug-likeness (QED) is 0.692. The molecule has 3 aromatic rings. The Labute approximate surface area is 125 Å². The van der Waals surface area contributed by atoms with Crippen LogP contribution in [0.1, 0.15) is 0 Å². The number of nitrogens with zero attached hydrogens (tertiary/aromatic N) is 8. The van der Waals surface area contributed by atoms with Gasteiger partial charge in [-0.15, -0.1) is 15.3 Å². The average Bonchev–Trinajstić information content (AvgIpc) is 2.93. The summed E-state index contributed by atoms with van der Waals surface area (Å²) in [5.41, 5.74) is 0.709. The summed E-state index contributed by atoms with van der Waals surface area (Å²) in [7, 11) is 1.84. The second-order valence-corrected chi connectivity index (χ2v) is 5.19. The highest BCUT2D eigenvalue weighted by molar-refractivity contribution is 5.50. The van der Waals surface area contributed by atoms with E-state index in [0.717, 1.165) is 18.9 Å². The number of fused-ring (bicyclic) bond motifs is 1. The molecule has 3 aromatic heterocycles. The molecule has 4 rings (SSSR count). The lowest BCUT2D eigenvalue weighted by atomic mass is 10.1. The van der Waals surface area contributed by atoms with Crippen molar-refractivity contribution in [1.82, 2.24) is 29.8 Å². The lowest BCUT2D eigenvalue weighted by Crippen LogP contribution is -2.59. The van der Waals surface area contributed by atoms with Crippen molar-refractivity contribution in [3.8, 4) is 0 Å². The predicted molar refractivity (Wildman–Crippen MR) is 77.2 cm³/mol. The van der Waals surface area contributed by atoms with E-state index in [1.165, 1.54) is 12.5 Å². The minimum atomic E-state index is -0.410. The molecule has 0 radical (unpaired) electrons. The monoisotopic (exact) mass is 300 g/mol. The Morgan fingerprint density at radius 1 is 1.32 bits per heavy atom. The van der Waals surface area contributed by atoms with Gasteiger partial charge in [-0.2, -0.15) is 4.52 Å². The number of halogens is 1. The van der Waals surface area contributed by atoms with E-state index in [-0.39, 0.29) is 6.04 Å². The van der Waals surface area contributed by atoms with Gasteiger partial charge in [0.25, 0.3) is 0 Å². The van der Waals surface area contributed by atoms with E-state index in [9.17, 15) is 4.39 Å². The van der Waals surface area contributed by atoms with Gasteiger partial charge >= 0.3 is 0 Å². The summed E-state index contributed by atoms with van der Waals surface area (Å²) in [5.74, 6) is 0.759. The van der Waals surface area contributed by atoms with Crippen LogP contribution in [-0.2, 0) is 0 Å². The highest BCUT2D eigenvalue weighted by atomic mass is 19.1. The normalized spacial score (nSPS) is 15.1. The molecule has 9 heteroatoms. The van der Waals surface area contributed by atoms with E-state index < -0.39 is 5.82 Å². The van der Waals surface area contributed by atoms with Crippen molar-refractivity contribution < 1.29 is 4.39 Å². The van der Waals surface area contributed by atoms with Gasteiger partial charge in [0.15, 0.2) is 17.3 Å². The van der Waals surface area contributed by atoms with Gasteiger partial charge in [0.05, 0.1) is 12.2 Å². The van der Waals surface area contributed by atoms with Crippen molar-refractivity contribution in [2.45, 2.75) is 6.04 Å². The first-order valence-corrected chi connectivity index (χ1v) is 6.83. The number of hydrogen-bond donors (Lipinski definition) is 0. The van der Waals surface area contributed by atoms with E-state index in [0.29, 0.717) is 11.5 Å². The highest BCUT2D eigenvalue weighted by Gasteiger charge is 2.32. The van der Waals surface area contributed by atoms with Gasteiger partial charge in [0, 0.05) is 20.1 Å². The molecule has 0 bridgehead atoms. The van der Waals surface area contributed by atoms with Crippen molar-refractivity contribution >= 4 is 17.3 Å². The molecule has 8 nitrogen and oxygen atoms in total. The summed E-state index contributed by atoms with van der Waals surface area (Å²) >= 11 is 0. The van der Waals surface area contributed by atoms with Crippen LogP contribution in [0, 0.1) is 5.82 Å². The zero-order valence-electron chi connectivity index (χ0n) is 11.8. The van der Waals surface area contributed by atoms with Crippen LogP contribution in [0.25, 0.3) is 5.65 Å². The van der Waals surface area contributed by atoms with E-state index in [1.54, 1.807) is 10.8 Å². The van der Waals surface area contributed by atoms with Gasteiger partial charge in [0.2, 0.25) is 0 Å². The molecule has 0 amide bonds. The Bertz CT molecular complexity index is 812. The smallest absolute Gasteiger partial charge is 0.183 e. The van der Waals surface area contributed by atoms with Crippen LogP contribution in [0.5, 0.6) is 0 Å². The molecule has 0 aliphatic carbocycles. The number of aromatic nitrogens is 6. The number of anilines is 2. The minimum absolute atomic E-state index is 0.183. The van der Waals surface area contributed by atoms with Crippen LogP contribution < -0.4 is 9.80 Å². The SMILES string of the molecule is CN(c1ncncc1F)C1CN(c2ccc3nncn3n2)C1. The van der Waals surface area contributed by atoms with Crippen LogP contribution in [0.3, 0.4) is 0 Å². The fraction of sp³-hybridized carbons (Fsp3) is 0.308. The van der Waals surface area contributed by atoms with E-state index >= 15 is 0 Å². The predicted octanol–water partition coefficient (Wildman–Crippen LogP) is 0.378. The second-order valence-electron chi connectivity index (χ2n) is 5.19. The summed E-state index contributed by atoms with van der Waals surface area (Å²) in [4.78, 5) is 11.6. The number of hydrogen-bond acceptors (Lipinski definition) is 7. The third kappa shape index (κ3) is 2.01. The molecule has 0 atom stereocenters. The molecule has 0 spiro atoms. The molecule has 4 heterocycles. The fourth-order valence-electron chi connectivity index (χ4n) is 2.51. The molecular formula is C13H13FN8. The lowest BCUT2D eigenvalue weighted by molar-refractivity contribution is 0.478. The van der Waals surface area contributed by atoms with Crippen LogP contribution >= 0.6 is 0 Å². The molecule has 22 heavy (non-hydrogen) atoms.